The summed E-state index contributed by atoms with van der Waals surface area (Å²) in [4.78, 5) is 35.4. The van der Waals surface area contributed by atoms with Crippen molar-refractivity contribution in [3.05, 3.63) is 40.1 Å². The normalized spacial score (nSPS) is 10.6. The molecule has 0 spiro atoms. The first kappa shape index (κ1) is 16.4. The fraction of sp³-hybridized carbons (Fsp3) is 0.286. The van der Waals surface area contributed by atoms with Crippen LogP contribution in [-0.2, 0) is 20.7 Å². The summed E-state index contributed by atoms with van der Waals surface area (Å²) in [6.45, 7) is -0.131. The Kier molecular flexibility index (Phi) is 5.26. The number of nitrogens with one attached hydrogen (secondary N) is 2. The Balaban J connectivity index is 1.93. The van der Waals surface area contributed by atoms with E-state index in [2.05, 4.69) is 10.3 Å². The third-order valence-corrected chi connectivity index (χ3v) is 3.11. The maximum Gasteiger partial charge on any atom is 0.329 e. The number of aromatic nitrogens is 1. The molecule has 0 radical (unpaired) electrons. The van der Waals surface area contributed by atoms with Gasteiger partial charge in [-0.05, 0) is 11.6 Å². The van der Waals surface area contributed by atoms with Crippen LogP contribution < -0.4 is 5.32 Å². The number of benzene rings is 1. The lowest BCUT2D eigenvalue weighted by atomic mass is 10.1. The molecule has 1 aromatic carbocycles. The summed E-state index contributed by atoms with van der Waals surface area (Å²) >= 11 is 0. The number of aromatic amines is 1. The van der Waals surface area contributed by atoms with E-state index in [1.165, 1.54) is 12.1 Å². The summed E-state index contributed by atoms with van der Waals surface area (Å²) in [7, 11) is 0. The number of aliphatic carboxylic acids is 1. The van der Waals surface area contributed by atoms with Crippen LogP contribution >= 0.6 is 0 Å². The van der Waals surface area contributed by atoms with Crippen LogP contribution in [0.1, 0.15) is 5.56 Å². The fourth-order valence-corrected chi connectivity index (χ4v) is 2.08. The van der Waals surface area contributed by atoms with E-state index in [0.29, 0.717) is 16.5 Å². The number of nitro groups is 1. The summed E-state index contributed by atoms with van der Waals surface area (Å²) in [5.41, 5.74) is 1.32. The van der Waals surface area contributed by atoms with Crippen molar-refractivity contribution in [2.24, 2.45) is 0 Å². The third-order valence-electron chi connectivity index (χ3n) is 3.11. The molecule has 3 N–H and O–H groups in total. The topological polar surface area (TPSA) is 135 Å². The smallest absolute Gasteiger partial charge is 0.329 e. The van der Waals surface area contributed by atoms with Gasteiger partial charge in [-0.25, -0.2) is 4.79 Å². The second-order valence-electron chi connectivity index (χ2n) is 4.77. The van der Waals surface area contributed by atoms with Crippen LogP contribution in [0.5, 0.6) is 0 Å². The molecular weight excluding hydrogens is 306 g/mol. The number of rotatable bonds is 8. The summed E-state index contributed by atoms with van der Waals surface area (Å²) in [5.74, 6) is -1.35. The number of hydrogen-bond acceptors (Lipinski definition) is 5. The molecule has 0 unspecified atom stereocenters. The second-order valence-corrected chi connectivity index (χ2v) is 4.77. The van der Waals surface area contributed by atoms with E-state index in [-0.39, 0.29) is 31.2 Å². The number of hydrogen-bond donors (Lipinski definition) is 3. The minimum Gasteiger partial charge on any atom is -0.480 e. The van der Waals surface area contributed by atoms with Crippen LogP contribution in [-0.4, -0.2) is 46.6 Å². The molecule has 9 nitrogen and oxygen atoms in total. The van der Waals surface area contributed by atoms with Gasteiger partial charge in [-0.2, -0.15) is 0 Å². The molecule has 0 aliphatic heterocycles. The molecule has 2 rings (SSSR count). The van der Waals surface area contributed by atoms with Gasteiger partial charge in [-0.15, -0.1) is 0 Å². The van der Waals surface area contributed by atoms with Gasteiger partial charge in [0, 0.05) is 35.8 Å². The first-order valence-corrected chi connectivity index (χ1v) is 6.78. The van der Waals surface area contributed by atoms with Crippen LogP contribution in [0, 0.1) is 10.1 Å². The van der Waals surface area contributed by atoms with E-state index in [0.717, 1.165) is 0 Å². The molecule has 1 amide bonds. The molecule has 1 aromatic heterocycles. The number of ether oxygens (including phenoxy) is 1. The molecule has 23 heavy (non-hydrogen) atoms. The Morgan fingerprint density at radius 2 is 2.17 bits per heavy atom. The zero-order chi connectivity index (χ0) is 16.8. The number of carbonyl (C=O) groups excluding carboxylic acids is 1. The average molecular weight is 321 g/mol. The van der Waals surface area contributed by atoms with Crippen molar-refractivity contribution in [2.45, 2.75) is 6.42 Å². The van der Waals surface area contributed by atoms with Gasteiger partial charge in [0.25, 0.3) is 5.69 Å². The number of H-pyrrole nitrogens is 1. The van der Waals surface area contributed by atoms with Crippen LogP contribution in [0.15, 0.2) is 24.4 Å². The summed E-state index contributed by atoms with van der Waals surface area (Å²) in [5, 5.41) is 22.4. The quantitative estimate of drug-likeness (QED) is 0.374. The predicted octanol–water partition coefficient (Wildman–Crippen LogP) is 0.836. The Morgan fingerprint density at radius 3 is 2.87 bits per heavy atom. The number of non-ortho nitro benzene ring substituents is 1. The molecule has 1 heterocycles. The highest BCUT2D eigenvalue weighted by Crippen LogP contribution is 2.23. The van der Waals surface area contributed by atoms with Gasteiger partial charge in [-0.3, -0.25) is 14.9 Å². The molecule has 9 heteroatoms. The lowest BCUT2D eigenvalue weighted by molar-refractivity contribution is -0.384. The van der Waals surface area contributed by atoms with Crippen LogP contribution in [0.4, 0.5) is 5.69 Å². The fourth-order valence-electron chi connectivity index (χ4n) is 2.08. The first-order chi connectivity index (χ1) is 11.0. The second kappa shape index (κ2) is 7.36. The van der Waals surface area contributed by atoms with Crippen molar-refractivity contribution in [2.75, 3.05) is 19.8 Å². The van der Waals surface area contributed by atoms with Crippen molar-refractivity contribution in [1.82, 2.24) is 10.3 Å². The largest absolute Gasteiger partial charge is 0.480 e. The van der Waals surface area contributed by atoms with Gasteiger partial charge in [0.05, 0.1) is 18.0 Å². The summed E-state index contributed by atoms with van der Waals surface area (Å²) < 4.78 is 4.80. The lowest BCUT2D eigenvalue weighted by Crippen LogP contribution is -2.29. The molecule has 2 aromatic rings. The number of carbonyl (C=O) groups is 2. The maximum atomic E-state index is 11.8. The van der Waals surface area contributed by atoms with Crippen LogP contribution in [0.3, 0.4) is 0 Å². The number of carboxylic acids is 1. The van der Waals surface area contributed by atoms with Crippen LogP contribution in [0.25, 0.3) is 10.9 Å². The molecule has 122 valence electrons. The predicted molar refractivity (Wildman–Crippen MR) is 80.1 cm³/mol. The third kappa shape index (κ3) is 4.51. The minimum absolute atomic E-state index is 0.0409. The molecule has 0 saturated heterocycles. The van der Waals surface area contributed by atoms with E-state index >= 15 is 0 Å². The van der Waals surface area contributed by atoms with Gasteiger partial charge in [0.1, 0.15) is 6.61 Å². The molecule has 0 saturated carbocycles. The van der Waals surface area contributed by atoms with E-state index < -0.39 is 17.5 Å². The SMILES string of the molecule is O=C(O)COCCNC(=O)Cc1c[nH]c2ccc([N+](=O)[O-])cc12. The van der Waals surface area contributed by atoms with Crippen LogP contribution in [0.2, 0.25) is 0 Å². The summed E-state index contributed by atoms with van der Waals surface area (Å²) in [6, 6.07) is 4.40. The first-order valence-electron chi connectivity index (χ1n) is 6.78. The van der Waals surface area contributed by atoms with E-state index in [4.69, 9.17) is 9.84 Å². The lowest BCUT2D eigenvalue weighted by Gasteiger charge is -2.05. The minimum atomic E-state index is -1.07. The van der Waals surface area contributed by atoms with Gasteiger partial charge < -0.3 is 20.1 Å². The zero-order valence-electron chi connectivity index (χ0n) is 12.1. The zero-order valence-corrected chi connectivity index (χ0v) is 12.1. The standard InChI is InChI=1S/C14H15N3O6/c18-13(15-3-4-23-8-14(19)20)5-9-7-16-12-2-1-10(17(21)22)6-11(9)12/h1-2,6-7,16H,3-5,8H2,(H,15,18)(H,19,20). The van der Waals surface area contributed by atoms with Crippen molar-refractivity contribution >= 4 is 28.5 Å². The molecule has 0 atom stereocenters. The van der Waals surface area contributed by atoms with Crippen molar-refractivity contribution in [1.29, 1.82) is 0 Å². The van der Waals surface area contributed by atoms with E-state index in [9.17, 15) is 19.7 Å². The Morgan fingerprint density at radius 1 is 1.39 bits per heavy atom. The number of nitrogens with zero attached hydrogens (tertiary/aromatic N) is 1. The molecular formula is C14H15N3O6. The van der Waals surface area contributed by atoms with E-state index in [1.54, 1.807) is 12.3 Å². The monoisotopic (exact) mass is 321 g/mol. The average Bonchev–Trinajstić information content (AvgIpc) is 2.89. The number of fused-ring (bicyclic) bond motifs is 1. The van der Waals surface area contributed by atoms with Crippen molar-refractivity contribution in [3.8, 4) is 0 Å². The number of nitro benzene ring substituents is 1. The number of carboxylic acid groups (broad SMARTS) is 1. The Hall–Kier alpha value is -2.94. The highest BCUT2D eigenvalue weighted by molar-refractivity contribution is 5.90. The molecule has 0 fully saturated rings. The highest BCUT2D eigenvalue weighted by Gasteiger charge is 2.12. The van der Waals surface area contributed by atoms with Crippen molar-refractivity contribution in [3.63, 3.8) is 0 Å². The van der Waals surface area contributed by atoms with Crippen molar-refractivity contribution < 1.29 is 24.4 Å². The molecule has 0 aliphatic carbocycles. The number of amides is 1. The Labute approximate surface area is 130 Å². The van der Waals surface area contributed by atoms with Gasteiger partial charge in [0.15, 0.2) is 0 Å². The highest BCUT2D eigenvalue weighted by atomic mass is 16.6. The summed E-state index contributed by atoms with van der Waals surface area (Å²) in [6.07, 6.45) is 1.69. The Bertz CT molecular complexity index is 739. The van der Waals surface area contributed by atoms with E-state index in [1.807, 2.05) is 0 Å². The maximum absolute atomic E-state index is 11.8. The molecule has 0 bridgehead atoms. The van der Waals surface area contributed by atoms with Gasteiger partial charge >= 0.3 is 5.97 Å². The van der Waals surface area contributed by atoms with Gasteiger partial charge in [-0.1, -0.05) is 0 Å². The molecule has 0 aliphatic rings. The van der Waals surface area contributed by atoms with Gasteiger partial charge in [0.2, 0.25) is 5.91 Å².